The van der Waals surface area contributed by atoms with Gasteiger partial charge < -0.3 is 10.3 Å². The number of carbonyl (C=O) groups excluding carboxylic acids is 1. The number of pyridine rings is 1. The van der Waals surface area contributed by atoms with E-state index < -0.39 is 0 Å². The third kappa shape index (κ3) is 2.33. The van der Waals surface area contributed by atoms with Crippen LogP contribution in [0.15, 0.2) is 18.3 Å². The molecule has 0 aliphatic carbocycles. The van der Waals surface area contributed by atoms with Crippen LogP contribution in [0.2, 0.25) is 0 Å². The second-order valence-electron chi connectivity index (χ2n) is 3.90. The summed E-state index contributed by atoms with van der Waals surface area (Å²) in [6.45, 7) is 3.95. The van der Waals surface area contributed by atoms with Crippen LogP contribution in [0.5, 0.6) is 0 Å². The first-order valence-corrected chi connectivity index (χ1v) is 6.07. The van der Waals surface area contributed by atoms with Gasteiger partial charge in [-0.3, -0.25) is 9.89 Å². The number of amides is 1. The maximum Gasteiger partial charge on any atom is 0.259 e. The van der Waals surface area contributed by atoms with E-state index in [4.69, 9.17) is 12.2 Å². The number of carbonyl (C=O) groups is 1. The average molecular weight is 262 g/mol. The van der Waals surface area contributed by atoms with Crippen molar-refractivity contribution in [3.8, 4) is 0 Å². The van der Waals surface area contributed by atoms with Crippen molar-refractivity contribution in [3.05, 3.63) is 39.8 Å². The summed E-state index contributed by atoms with van der Waals surface area (Å²) in [5, 5.41) is 9.73. The smallest absolute Gasteiger partial charge is 0.259 e. The molecule has 18 heavy (non-hydrogen) atoms. The largest absolute Gasteiger partial charge is 0.352 e. The molecule has 0 radical (unpaired) electrons. The molecule has 0 aromatic carbocycles. The van der Waals surface area contributed by atoms with Crippen LogP contribution in [-0.4, -0.2) is 21.1 Å². The summed E-state index contributed by atoms with van der Waals surface area (Å²) in [5.74, 6) is 0.296. The number of nitrogens with one attached hydrogen (secondary N) is 3. The highest BCUT2D eigenvalue weighted by Crippen LogP contribution is 2.16. The van der Waals surface area contributed by atoms with E-state index >= 15 is 0 Å². The zero-order valence-corrected chi connectivity index (χ0v) is 11.0. The third-order valence-electron chi connectivity index (χ3n) is 2.76. The zero-order valence-electron chi connectivity index (χ0n) is 10.2. The van der Waals surface area contributed by atoms with E-state index in [0.29, 0.717) is 16.0 Å². The molecule has 2 rings (SSSR count). The van der Waals surface area contributed by atoms with Crippen molar-refractivity contribution in [2.45, 2.75) is 20.3 Å². The van der Waals surface area contributed by atoms with Gasteiger partial charge in [-0.2, -0.15) is 5.10 Å². The number of anilines is 1. The monoisotopic (exact) mass is 262 g/mol. The van der Waals surface area contributed by atoms with Crippen LogP contribution in [0, 0.1) is 11.6 Å². The van der Waals surface area contributed by atoms with Crippen molar-refractivity contribution in [3.63, 3.8) is 0 Å². The van der Waals surface area contributed by atoms with Gasteiger partial charge in [0, 0.05) is 17.5 Å². The molecule has 5 nitrogen and oxygen atoms in total. The number of hydrogen-bond acceptors (Lipinski definition) is 3. The Bertz CT molecular complexity index is 629. The highest BCUT2D eigenvalue weighted by Gasteiger charge is 2.13. The first-order chi connectivity index (χ1) is 8.63. The van der Waals surface area contributed by atoms with Crippen molar-refractivity contribution in [1.29, 1.82) is 0 Å². The molecule has 6 heteroatoms. The van der Waals surface area contributed by atoms with Crippen LogP contribution >= 0.6 is 12.2 Å². The number of hydrogen-bond donors (Lipinski definition) is 3. The Morgan fingerprint density at radius 2 is 2.33 bits per heavy atom. The first kappa shape index (κ1) is 12.5. The van der Waals surface area contributed by atoms with E-state index in [9.17, 15) is 4.79 Å². The third-order valence-corrected chi connectivity index (χ3v) is 3.10. The second-order valence-corrected chi connectivity index (χ2v) is 4.30. The minimum atomic E-state index is -0.255. The Kier molecular flexibility index (Phi) is 3.57. The summed E-state index contributed by atoms with van der Waals surface area (Å²) in [7, 11) is 0. The highest BCUT2D eigenvalue weighted by atomic mass is 32.1. The first-order valence-electron chi connectivity index (χ1n) is 5.66. The Morgan fingerprint density at radius 3 is 2.94 bits per heavy atom. The molecule has 0 aliphatic rings. The van der Waals surface area contributed by atoms with Crippen LogP contribution in [0.25, 0.3) is 0 Å². The second kappa shape index (κ2) is 5.14. The van der Waals surface area contributed by atoms with Gasteiger partial charge in [-0.15, -0.1) is 0 Å². The van der Waals surface area contributed by atoms with Gasteiger partial charge in [0.25, 0.3) is 5.91 Å². The molecule has 0 saturated heterocycles. The molecular weight excluding hydrogens is 248 g/mol. The predicted octanol–water partition coefficient (Wildman–Crippen LogP) is 2.59. The molecule has 0 spiro atoms. The summed E-state index contributed by atoms with van der Waals surface area (Å²) in [4.78, 5) is 14.9. The summed E-state index contributed by atoms with van der Waals surface area (Å²) < 4.78 is 0.416. The molecule has 0 fully saturated rings. The number of aryl methyl sites for hydroxylation is 1. The van der Waals surface area contributed by atoms with Gasteiger partial charge in [0.05, 0.1) is 5.56 Å². The average Bonchev–Trinajstić information content (AvgIpc) is 2.71. The standard InChI is InChI=1S/C12H14N4OS/c1-3-9-7(2)10(16-15-9)14-11(17)8-5-4-6-13-12(8)18/h4-6H,3H2,1-2H3,(H,13,18)(H2,14,15,16,17). The summed E-state index contributed by atoms with van der Waals surface area (Å²) >= 11 is 5.06. The Labute approximate surface area is 110 Å². The maximum atomic E-state index is 12.0. The van der Waals surface area contributed by atoms with Gasteiger partial charge >= 0.3 is 0 Å². The summed E-state index contributed by atoms with van der Waals surface area (Å²) in [6.07, 6.45) is 2.54. The van der Waals surface area contributed by atoms with Crippen molar-refractivity contribution < 1.29 is 4.79 Å². The van der Waals surface area contributed by atoms with Crippen molar-refractivity contribution in [2.24, 2.45) is 0 Å². The molecule has 2 heterocycles. The van der Waals surface area contributed by atoms with E-state index in [0.717, 1.165) is 17.7 Å². The predicted molar refractivity (Wildman–Crippen MR) is 72.3 cm³/mol. The van der Waals surface area contributed by atoms with Crippen LogP contribution in [-0.2, 0) is 6.42 Å². The van der Waals surface area contributed by atoms with Crippen molar-refractivity contribution in [2.75, 3.05) is 5.32 Å². The van der Waals surface area contributed by atoms with E-state index in [1.807, 2.05) is 13.8 Å². The van der Waals surface area contributed by atoms with Gasteiger partial charge in [0.1, 0.15) is 4.64 Å². The molecule has 0 bridgehead atoms. The number of aromatic amines is 2. The highest BCUT2D eigenvalue weighted by molar-refractivity contribution is 7.71. The molecule has 0 atom stereocenters. The molecule has 94 valence electrons. The molecule has 0 saturated carbocycles. The fraction of sp³-hybridized carbons (Fsp3) is 0.250. The van der Waals surface area contributed by atoms with E-state index in [-0.39, 0.29) is 5.91 Å². The topological polar surface area (TPSA) is 73.6 Å². The van der Waals surface area contributed by atoms with Gasteiger partial charge in [0.15, 0.2) is 5.82 Å². The van der Waals surface area contributed by atoms with Crippen molar-refractivity contribution in [1.82, 2.24) is 15.2 Å². The van der Waals surface area contributed by atoms with Gasteiger partial charge in [-0.05, 0) is 25.5 Å². The van der Waals surface area contributed by atoms with E-state index in [2.05, 4.69) is 20.5 Å². The molecule has 1 amide bonds. The summed E-state index contributed by atoms with van der Waals surface area (Å²) in [5.41, 5.74) is 2.41. The summed E-state index contributed by atoms with van der Waals surface area (Å²) in [6, 6.07) is 3.41. The number of H-pyrrole nitrogens is 2. The van der Waals surface area contributed by atoms with Crippen LogP contribution in [0.1, 0.15) is 28.5 Å². The quantitative estimate of drug-likeness (QED) is 0.744. The minimum Gasteiger partial charge on any atom is -0.352 e. The molecule has 2 aromatic heterocycles. The molecule has 0 aliphatic heterocycles. The Hall–Kier alpha value is -1.95. The molecular formula is C12H14N4OS. The fourth-order valence-electron chi connectivity index (χ4n) is 1.68. The lowest BCUT2D eigenvalue weighted by Crippen LogP contribution is -2.13. The Morgan fingerprint density at radius 1 is 1.56 bits per heavy atom. The van der Waals surface area contributed by atoms with Gasteiger partial charge in [-0.1, -0.05) is 19.1 Å². The van der Waals surface area contributed by atoms with Gasteiger partial charge in [-0.25, -0.2) is 0 Å². The molecule has 3 N–H and O–H groups in total. The van der Waals surface area contributed by atoms with Crippen molar-refractivity contribution >= 4 is 23.9 Å². The Balaban J connectivity index is 2.24. The molecule has 2 aromatic rings. The van der Waals surface area contributed by atoms with Gasteiger partial charge in [0.2, 0.25) is 0 Å². The number of rotatable bonds is 3. The minimum absolute atomic E-state index is 0.255. The van der Waals surface area contributed by atoms with Crippen LogP contribution in [0.3, 0.4) is 0 Å². The number of nitrogens with zero attached hydrogens (tertiary/aromatic N) is 1. The van der Waals surface area contributed by atoms with Crippen LogP contribution in [0.4, 0.5) is 5.82 Å². The van der Waals surface area contributed by atoms with E-state index in [1.54, 1.807) is 18.3 Å². The lowest BCUT2D eigenvalue weighted by Gasteiger charge is -2.03. The normalized spacial score (nSPS) is 10.3. The maximum absolute atomic E-state index is 12.0. The molecule has 0 unspecified atom stereocenters. The lowest BCUT2D eigenvalue weighted by atomic mass is 10.2. The number of aromatic nitrogens is 3. The lowest BCUT2D eigenvalue weighted by molar-refractivity contribution is 0.102. The SMILES string of the molecule is CCc1[nH]nc(NC(=O)c2ccc[nH]c2=S)c1C. The van der Waals surface area contributed by atoms with Crippen LogP contribution < -0.4 is 5.32 Å². The zero-order chi connectivity index (χ0) is 13.1. The van der Waals surface area contributed by atoms with E-state index in [1.165, 1.54) is 0 Å². The fourth-order valence-corrected chi connectivity index (χ4v) is 1.90.